The van der Waals surface area contributed by atoms with Crippen LogP contribution in [0.15, 0.2) is 0 Å². The van der Waals surface area contributed by atoms with Crippen LogP contribution in [0.4, 0.5) is 0 Å². The van der Waals surface area contributed by atoms with E-state index in [1.165, 1.54) is 0 Å². The van der Waals surface area contributed by atoms with E-state index in [1.54, 1.807) is 0 Å². The molecule has 2 heterocycles. The Balaban J connectivity index is 2.15. The van der Waals surface area contributed by atoms with E-state index in [2.05, 4.69) is 81.5 Å². The van der Waals surface area contributed by atoms with E-state index < -0.39 is 0 Å². The SMILES string of the molecule is CN1CCN(C)CCN2CCN(C)CCN(C)CCN(CC1)CCN(C)CCN(C)C2. The lowest BCUT2D eigenvalue weighted by Crippen LogP contribution is -2.45. The molecule has 2 fully saturated rings. The van der Waals surface area contributed by atoms with Crippen LogP contribution in [-0.4, -0.2) is 193 Å². The van der Waals surface area contributed by atoms with Crippen molar-refractivity contribution >= 4 is 0 Å². The van der Waals surface area contributed by atoms with Gasteiger partial charge in [0.1, 0.15) is 0 Å². The molecule has 0 saturated carbocycles. The van der Waals surface area contributed by atoms with Gasteiger partial charge >= 0.3 is 0 Å². The van der Waals surface area contributed by atoms with E-state index >= 15 is 0 Å². The summed E-state index contributed by atoms with van der Waals surface area (Å²) in [7, 11) is 13.7. The third kappa shape index (κ3) is 11.9. The number of fused-ring (bicyclic) bond motifs is 8. The van der Waals surface area contributed by atoms with Crippen molar-refractivity contribution in [2.45, 2.75) is 0 Å². The average molecular weight is 441 g/mol. The lowest BCUT2D eigenvalue weighted by atomic mass is 10.3. The third-order valence-electron chi connectivity index (χ3n) is 7.02. The highest BCUT2D eigenvalue weighted by atomic mass is 15.3. The molecule has 0 unspecified atom stereocenters. The molecule has 2 saturated heterocycles. The Kier molecular flexibility index (Phi) is 12.8. The summed E-state index contributed by atoms with van der Waals surface area (Å²) in [5, 5.41) is 0. The molecule has 0 radical (unpaired) electrons. The zero-order valence-electron chi connectivity index (χ0n) is 21.6. The van der Waals surface area contributed by atoms with Crippen LogP contribution in [0.5, 0.6) is 0 Å². The maximum atomic E-state index is 2.68. The smallest absolute Gasteiger partial charge is 0.0504 e. The predicted molar refractivity (Wildman–Crippen MR) is 133 cm³/mol. The van der Waals surface area contributed by atoms with Gasteiger partial charge in [-0.15, -0.1) is 0 Å². The Labute approximate surface area is 193 Å². The predicted octanol–water partition coefficient (Wildman–Crippen LogP) is -0.834. The van der Waals surface area contributed by atoms with Crippen LogP contribution < -0.4 is 0 Å². The van der Waals surface area contributed by atoms with Gasteiger partial charge in [0.05, 0.1) is 6.67 Å². The summed E-state index contributed by atoms with van der Waals surface area (Å²) in [6.07, 6.45) is 0. The zero-order chi connectivity index (χ0) is 22.6. The molecule has 0 N–H and O–H groups in total. The van der Waals surface area contributed by atoms with Crippen LogP contribution in [0.2, 0.25) is 0 Å². The van der Waals surface area contributed by atoms with Crippen molar-refractivity contribution in [3.8, 4) is 0 Å². The van der Waals surface area contributed by atoms with Crippen LogP contribution in [0, 0.1) is 0 Å². The number of likely N-dealkylation sites (N-methyl/N-ethyl adjacent to an activating group) is 6. The molecular weight excluding hydrogens is 388 g/mol. The molecule has 2 rings (SSSR count). The fourth-order valence-corrected chi connectivity index (χ4v) is 4.14. The molecule has 0 spiro atoms. The Morgan fingerprint density at radius 2 is 0.484 bits per heavy atom. The van der Waals surface area contributed by atoms with Gasteiger partial charge in [-0.2, -0.15) is 0 Å². The molecule has 0 amide bonds. The molecular formula is C23H52N8. The van der Waals surface area contributed by atoms with Crippen molar-refractivity contribution in [3.63, 3.8) is 0 Å². The summed E-state index contributed by atoms with van der Waals surface area (Å²) in [5.41, 5.74) is 0. The molecule has 0 aliphatic carbocycles. The maximum absolute atomic E-state index is 2.68. The molecule has 8 heteroatoms. The van der Waals surface area contributed by atoms with Gasteiger partial charge in [0, 0.05) is 105 Å². The molecule has 2 aliphatic rings. The molecule has 2 bridgehead atoms. The molecule has 0 aromatic rings. The van der Waals surface area contributed by atoms with Gasteiger partial charge in [-0.25, -0.2) is 0 Å². The van der Waals surface area contributed by atoms with Gasteiger partial charge in [-0.05, 0) is 42.3 Å². The first kappa shape index (κ1) is 26.9. The minimum Gasteiger partial charge on any atom is -0.304 e. The van der Waals surface area contributed by atoms with Crippen LogP contribution in [0.25, 0.3) is 0 Å². The van der Waals surface area contributed by atoms with Crippen LogP contribution in [0.1, 0.15) is 0 Å². The topological polar surface area (TPSA) is 25.9 Å². The van der Waals surface area contributed by atoms with E-state index in [0.29, 0.717) is 0 Å². The fraction of sp³-hybridized carbons (Fsp3) is 1.00. The number of rotatable bonds is 0. The van der Waals surface area contributed by atoms with E-state index in [9.17, 15) is 0 Å². The van der Waals surface area contributed by atoms with Crippen LogP contribution in [-0.2, 0) is 0 Å². The van der Waals surface area contributed by atoms with Crippen molar-refractivity contribution in [3.05, 3.63) is 0 Å². The largest absolute Gasteiger partial charge is 0.304 e. The lowest BCUT2D eigenvalue weighted by Gasteiger charge is -2.32. The second kappa shape index (κ2) is 14.8. The minimum absolute atomic E-state index is 1.06. The monoisotopic (exact) mass is 440 g/mol. The van der Waals surface area contributed by atoms with Crippen LogP contribution in [0.3, 0.4) is 0 Å². The highest BCUT2D eigenvalue weighted by molar-refractivity contribution is 4.71. The molecule has 0 atom stereocenters. The summed E-state index contributed by atoms with van der Waals surface area (Å²) in [6.45, 7) is 19.4. The van der Waals surface area contributed by atoms with Crippen molar-refractivity contribution < 1.29 is 0 Å². The standard InChI is InChI=1S/C23H52N8/c1-24-7-9-26(3)16-21-31-22-17-27(4)10-8-25(2)14-19-30(18-13-24)20-15-28(5)11-12-29(6)23-31/h7-23H2,1-6H3. The fourth-order valence-electron chi connectivity index (χ4n) is 4.14. The molecule has 0 aromatic carbocycles. The van der Waals surface area contributed by atoms with Crippen molar-refractivity contribution in [1.29, 1.82) is 0 Å². The van der Waals surface area contributed by atoms with Gasteiger partial charge in [-0.1, -0.05) is 0 Å². The number of nitrogens with zero attached hydrogens (tertiary/aromatic N) is 8. The quantitative estimate of drug-likeness (QED) is 0.450. The van der Waals surface area contributed by atoms with Crippen LogP contribution >= 0.6 is 0 Å². The highest BCUT2D eigenvalue weighted by Gasteiger charge is 2.15. The van der Waals surface area contributed by atoms with Gasteiger partial charge in [-0.3, -0.25) is 14.7 Å². The summed E-state index contributed by atoms with van der Waals surface area (Å²) >= 11 is 0. The lowest BCUT2D eigenvalue weighted by molar-refractivity contribution is 0.118. The summed E-state index contributed by atoms with van der Waals surface area (Å²) < 4.78 is 0. The minimum atomic E-state index is 1.06. The first-order valence-corrected chi connectivity index (χ1v) is 12.4. The molecule has 0 aromatic heterocycles. The highest BCUT2D eigenvalue weighted by Crippen LogP contribution is 2.00. The molecule has 8 nitrogen and oxygen atoms in total. The van der Waals surface area contributed by atoms with Crippen molar-refractivity contribution in [2.75, 3.05) is 154 Å². The Bertz CT molecular complexity index is 437. The van der Waals surface area contributed by atoms with Gasteiger partial charge in [0.25, 0.3) is 0 Å². The molecule has 31 heavy (non-hydrogen) atoms. The Hall–Kier alpha value is -0.320. The van der Waals surface area contributed by atoms with E-state index in [0.717, 1.165) is 111 Å². The normalized spacial score (nSPS) is 31.2. The average Bonchev–Trinajstić information content (AvgIpc) is 2.74. The maximum Gasteiger partial charge on any atom is 0.0504 e. The Morgan fingerprint density at radius 1 is 0.258 bits per heavy atom. The first-order chi connectivity index (χ1) is 14.8. The summed E-state index contributed by atoms with van der Waals surface area (Å²) in [6, 6.07) is 0. The van der Waals surface area contributed by atoms with Crippen molar-refractivity contribution in [1.82, 2.24) is 39.2 Å². The van der Waals surface area contributed by atoms with E-state index in [4.69, 9.17) is 0 Å². The van der Waals surface area contributed by atoms with E-state index in [-0.39, 0.29) is 0 Å². The summed E-state index contributed by atoms with van der Waals surface area (Å²) in [4.78, 5) is 20.4. The van der Waals surface area contributed by atoms with Gasteiger partial charge in [0.15, 0.2) is 0 Å². The summed E-state index contributed by atoms with van der Waals surface area (Å²) in [5.74, 6) is 0. The van der Waals surface area contributed by atoms with Crippen molar-refractivity contribution in [2.24, 2.45) is 0 Å². The third-order valence-corrected chi connectivity index (χ3v) is 7.02. The van der Waals surface area contributed by atoms with Gasteiger partial charge in [0.2, 0.25) is 0 Å². The molecule has 184 valence electrons. The number of hydrogen-bond acceptors (Lipinski definition) is 8. The second-order valence-electron chi connectivity index (χ2n) is 10.2. The van der Waals surface area contributed by atoms with E-state index in [1.807, 2.05) is 0 Å². The zero-order valence-corrected chi connectivity index (χ0v) is 21.6. The molecule has 2 aliphatic heterocycles. The Morgan fingerprint density at radius 3 is 0.806 bits per heavy atom. The van der Waals surface area contributed by atoms with Gasteiger partial charge < -0.3 is 24.5 Å². The number of hydrogen-bond donors (Lipinski definition) is 0. The second-order valence-corrected chi connectivity index (χ2v) is 10.2. The first-order valence-electron chi connectivity index (χ1n) is 12.4.